The van der Waals surface area contributed by atoms with Crippen molar-refractivity contribution in [2.45, 2.75) is 26.4 Å². The maximum atomic E-state index is 13.0. The van der Waals surface area contributed by atoms with E-state index in [1.165, 1.54) is 0 Å². The molecule has 0 atom stereocenters. The summed E-state index contributed by atoms with van der Waals surface area (Å²) in [6.07, 6.45) is 0. The predicted molar refractivity (Wildman–Crippen MR) is 126 cm³/mol. The highest BCUT2D eigenvalue weighted by molar-refractivity contribution is 9.10. The Morgan fingerprint density at radius 2 is 1.65 bits per heavy atom. The van der Waals surface area contributed by atoms with Crippen molar-refractivity contribution < 1.29 is 9.53 Å². The molecule has 0 aliphatic heterocycles. The molecule has 4 rings (SSSR count). The van der Waals surface area contributed by atoms with Crippen LogP contribution in [0.4, 0.5) is 5.69 Å². The molecule has 158 valence electrons. The molecule has 31 heavy (non-hydrogen) atoms. The summed E-state index contributed by atoms with van der Waals surface area (Å²) in [4.78, 5) is 14.5. The van der Waals surface area contributed by atoms with Gasteiger partial charge in [-0.05, 0) is 87.0 Å². The van der Waals surface area contributed by atoms with Crippen molar-refractivity contribution in [2.24, 2.45) is 0 Å². The van der Waals surface area contributed by atoms with Crippen LogP contribution in [0.25, 0.3) is 16.7 Å². The van der Waals surface area contributed by atoms with Crippen LogP contribution in [0.2, 0.25) is 5.02 Å². The van der Waals surface area contributed by atoms with Gasteiger partial charge in [0.2, 0.25) is 0 Å². The van der Waals surface area contributed by atoms with Crippen molar-refractivity contribution >= 4 is 50.2 Å². The van der Waals surface area contributed by atoms with Gasteiger partial charge < -0.3 is 10.1 Å². The van der Waals surface area contributed by atoms with Crippen molar-refractivity contribution in [1.29, 1.82) is 0 Å². The Bertz CT molecular complexity index is 1250. The van der Waals surface area contributed by atoms with E-state index in [4.69, 9.17) is 16.3 Å². The minimum Gasteiger partial charge on any atom is -0.478 e. The molecule has 0 radical (unpaired) electrons. The van der Waals surface area contributed by atoms with Gasteiger partial charge in [-0.25, -0.2) is 0 Å². The Hall–Kier alpha value is -2.90. The van der Waals surface area contributed by atoms with Crippen molar-refractivity contribution in [3.63, 3.8) is 0 Å². The van der Waals surface area contributed by atoms with Crippen LogP contribution < -0.4 is 10.1 Å². The summed E-state index contributed by atoms with van der Waals surface area (Å²) in [5, 5.41) is 12.7. The van der Waals surface area contributed by atoms with Gasteiger partial charge in [0.15, 0.2) is 5.60 Å². The highest BCUT2D eigenvalue weighted by Gasteiger charge is 2.30. The maximum Gasteiger partial charge on any atom is 0.267 e. The third-order valence-electron chi connectivity index (χ3n) is 4.77. The van der Waals surface area contributed by atoms with E-state index in [9.17, 15) is 4.79 Å². The monoisotopic (exact) mass is 498 g/mol. The van der Waals surface area contributed by atoms with E-state index >= 15 is 0 Å². The van der Waals surface area contributed by atoms with Crippen LogP contribution in [0.15, 0.2) is 65.1 Å². The lowest BCUT2D eigenvalue weighted by Crippen LogP contribution is -2.42. The number of rotatable bonds is 5. The van der Waals surface area contributed by atoms with Crippen molar-refractivity contribution in [3.05, 3.63) is 75.7 Å². The number of benzene rings is 3. The number of carbonyl (C=O) groups is 1. The highest BCUT2D eigenvalue weighted by Crippen LogP contribution is 2.26. The second-order valence-corrected chi connectivity index (χ2v) is 8.99. The smallest absolute Gasteiger partial charge is 0.267 e. The Morgan fingerprint density at radius 1 is 1.03 bits per heavy atom. The van der Waals surface area contributed by atoms with E-state index in [0.717, 1.165) is 21.2 Å². The Morgan fingerprint density at radius 3 is 2.29 bits per heavy atom. The summed E-state index contributed by atoms with van der Waals surface area (Å²) in [6.45, 7) is 5.38. The van der Waals surface area contributed by atoms with Gasteiger partial charge in [-0.3, -0.25) is 4.79 Å². The summed E-state index contributed by atoms with van der Waals surface area (Å²) >= 11 is 9.35. The molecule has 0 unspecified atom stereocenters. The van der Waals surface area contributed by atoms with Crippen LogP contribution >= 0.6 is 27.5 Å². The molecule has 4 aromatic rings. The predicted octanol–water partition coefficient (Wildman–Crippen LogP) is 5.94. The first-order chi connectivity index (χ1) is 14.7. The largest absolute Gasteiger partial charge is 0.478 e. The van der Waals surface area contributed by atoms with E-state index in [-0.39, 0.29) is 5.91 Å². The molecule has 0 bridgehead atoms. The number of fused-ring (bicyclic) bond motifs is 1. The van der Waals surface area contributed by atoms with E-state index in [2.05, 4.69) is 31.4 Å². The van der Waals surface area contributed by atoms with Gasteiger partial charge in [0.1, 0.15) is 16.8 Å². The van der Waals surface area contributed by atoms with Crippen LogP contribution in [0.5, 0.6) is 5.75 Å². The first-order valence-electron chi connectivity index (χ1n) is 9.61. The third-order valence-corrected chi connectivity index (χ3v) is 5.55. The average molecular weight is 500 g/mol. The summed E-state index contributed by atoms with van der Waals surface area (Å²) < 4.78 is 6.86. The van der Waals surface area contributed by atoms with Gasteiger partial charge in [-0.1, -0.05) is 27.5 Å². The summed E-state index contributed by atoms with van der Waals surface area (Å²) in [6, 6.07) is 18.3. The van der Waals surface area contributed by atoms with E-state index < -0.39 is 5.60 Å². The number of amides is 1. The lowest BCUT2D eigenvalue weighted by atomic mass is 10.1. The van der Waals surface area contributed by atoms with Gasteiger partial charge in [0, 0.05) is 15.2 Å². The number of nitrogens with one attached hydrogen (secondary N) is 1. The van der Waals surface area contributed by atoms with Gasteiger partial charge in [0.05, 0.1) is 5.69 Å². The second-order valence-electron chi connectivity index (χ2n) is 7.64. The van der Waals surface area contributed by atoms with Crippen LogP contribution in [-0.4, -0.2) is 26.5 Å². The zero-order valence-corrected chi connectivity index (χ0v) is 19.5. The average Bonchev–Trinajstić information content (AvgIpc) is 3.13. The van der Waals surface area contributed by atoms with E-state index in [1.807, 2.05) is 55.5 Å². The molecule has 1 N–H and O–H groups in total. The van der Waals surface area contributed by atoms with E-state index in [1.54, 1.807) is 30.8 Å². The highest BCUT2D eigenvalue weighted by atomic mass is 79.9. The first kappa shape index (κ1) is 21.3. The fraction of sp³-hybridized carbons (Fsp3) is 0.174. The molecule has 0 saturated heterocycles. The van der Waals surface area contributed by atoms with Crippen molar-refractivity contribution in [2.75, 3.05) is 5.32 Å². The molecule has 0 aliphatic carbocycles. The Labute approximate surface area is 193 Å². The molecule has 1 amide bonds. The molecular weight excluding hydrogens is 480 g/mol. The van der Waals surface area contributed by atoms with Gasteiger partial charge in [0.25, 0.3) is 5.91 Å². The number of aromatic nitrogens is 3. The second kappa shape index (κ2) is 8.32. The number of ether oxygens (including phenoxy) is 1. The molecule has 0 fully saturated rings. The topological polar surface area (TPSA) is 69.0 Å². The maximum absolute atomic E-state index is 13.0. The first-order valence-corrected chi connectivity index (χ1v) is 10.8. The molecule has 1 heterocycles. The zero-order valence-electron chi connectivity index (χ0n) is 17.2. The lowest BCUT2D eigenvalue weighted by Gasteiger charge is -2.25. The normalized spacial score (nSPS) is 11.5. The van der Waals surface area contributed by atoms with Crippen molar-refractivity contribution in [1.82, 2.24) is 15.0 Å². The minimum atomic E-state index is -1.07. The fourth-order valence-electron chi connectivity index (χ4n) is 3.01. The molecule has 6 nitrogen and oxygen atoms in total. The van der Waals surface area contributed by atoms with E-state index in [0.29, 0.717) is 22.0 Å². The minimum absolute atomic E-state index is 0.261. The molecule has 0 spiro atoms. The number of anilines is 1. The zero-order chi connectivity index (χ0) is 22.2. The van der Waals surface area contributed by atoms with Crippen molar-refractivity contribution in [3.8, 4) is 11.4 Å². The Kier molecular flexibility index (Phi) is 5.73. The molecule has 8 heteroatoms. The van der Waals surface area contributed by atoms with Crippen LogP contribution in [0.1, 0.15) is 19.4 Å². The fourth-order valence-corrected chi connectivity index (χ4v) is 3.40. The summed E-state index contributed by atoms with van der Waals surface area (Å²) in [5.74, 6) is 0.351. The van der Waals surface area contributed by atoms with Gasteiger partial charge in [-0.2, -0.15) is 4.80 Å². The van der Waals surface area contributed by atoms with Crippen LogP contribution in [0, 0.1) is 6.92 Å². The number of hydrogen-bond donors (Lipinski definition) is 1. The SMILES string of the molecule is Cc1cc2nn(-c3ccc(Cl)cc3)nc2cc1NC(=O)C(C)(C)Oc1ccc(Br)cc1. The number of nitrogens with zero attached hydrogens (tertiary/aromatic N) is 3. The Balaban J connectivity index is 1.57. The lowest BCUT2D eigenvalue weighted by molar-refractivity contribution is -0.128. The van der Waals surface area contributed by atoms with Gasteiger partial charge in [-0.15, -0.1) is 10.2 Å². The summed E-state index contributed by atoms with van der Waals surface area (Å²) in [7, 11) is 0. The molecular formula is C23H20BrClN4O2. The quantitative estimate of drug-likeness (QED) is 0.369. The third kappa shape index (κ3) is 4.73. The number of halogens is 2. The molecule has 1 aromatic heterocycles. The number of hydrogen-bond acceptors (Lipinski definition) is 4. The van der Waals surface area contributed by atoms with Crippen LogP contribution in [0.3, 0.4) is 0 Å². The number of carbonyl (C=O) groups excluding carboxylic acids is 1. The molecule has 0 saturated carbocycles. The number of aryl methyl sites for hydroxylation is 1. The van der Waals surface area contributed by atoms with Crippen LogP contribution in [-0.2, 0) is 4.79 Å². The van der Waals surface area contributed by atoms with Gasteiger partial charge >= 0.3 is 0 Å². The molecule has 0 aliphatic rings. The standard InChI is InChI=1S/C23H20BrClN4O2/c1-14-12-20-21(28-29(27-20)17-8-6-16(25)7-9-17)13-19(14)26-22(30)23(2,3)31-18-10-4-15(24)5-11-18/h4-13H,1-3H3,(H,26,30). The summed E-state index contributed by atoms with van der Waals surface area (Å²) in [5.41, 5.74) is 2.67. The molecule has 3 aromatic carbocycles.